The van der Waals surface area contributed by atoms with Crippen LogP contribution in [-0.4, -0.2) is 24.1 Å². The van der Waals surface area contributed by atoms with Gasteiger partial charge in [0, 0.05) is 22.6 Å². The first kappa shape index (κ1) is 20.0. The molecule has 0 aliphatic rings. The van der Waals surface area contributed by atoms with Gasteiger partial charge in [0.2, 0.25) is 5.91 Å². The average Bonchev–Trinajstić information content (AvgIpc) is 2.62. The number of amides is 1. The van der Waals surface area contributed by atoms with Crippen LogP contribution in [0.15, 0.2) is 36.4 Å². The third-order valence-electron chi connectivity index (χ3n) is 4.27. The van der Waals surface area contributed by atoms with Gasteiger partial charge < -0.3 is 10.1 Å². The summed E-state index contributed by atoms with van der Waals surface area (Å²) in [5, 5.41) is 2.79. The molecular formula is C21H25NO3S. The van der Waals surface area contributed by atoms with Crippen LogP contribution in [0.5, 0.6) is 5.75 Å². The molecule has 26 heavy (non-hydrogen) atoms. The first-order chi connectivity index (χ1) is 12.3. The fraction of sp³-hybridized carbons (Fsp3) is 0.333. The van der Waals surface area contributed by atoms with E-state index in [1.54, 1.807) is 26.2 Å². The molecule has 2 aromatic rings. The minimum Gasteiger partial charge on any atom is -0.496 e. The summed E-state index contributed by atoms with van der Waals surface area (Å²) in [6.07, 6.45) is 0. The van der Waals surface area contributed by atoms with Gasteiger partial charge >= 0.3 is 0 Å². The average molecular weight is 372 g/mol. The number of ketones is 1. The van der Waals surface area contributed by atoms with Crippen LogP contribution in [0.2, 0.25) is 0 Å². The first-order valence-corrected chi connectivity index (χ1v) is 9.55. The van der Waals surface area contributed by atoms with E-state index in [2.05, 4.69) is 5.32 Å². The van der Waals surface area contributed by atoms with Crippen molar-refractivity contribution in [2.24, 2.45) is 0 Å². The predicted molar refractivity (Wildman–Crippen MR) is 108 cm³/mol. The van der Waals surface area contributed by atoms with Crippen LogP contribution in [0.25, 0.3) is 0 Å². The second-order valence-electron chi connectivity index (χ2n) is 6.29. The van der Waals surface area contributed by atoms with Crippen LogP contribution >= 0.6 is 11.8 Å². The number of ether oxygens (including phenoxy) is 1. The van der Waals surface area contributed by atoms with E-state index in [9.17, 15) is 9.59 Å². The van der Waals surface area contributed by atoms with Crippen molar-refractivity contribution < 1.29 is 14.3 Å². The summed E-state index contributed by atoms with van der Waals surface area (Å²) in [6.45, 7) is 7.39. The standard InChI is InChI=1S/C21H25NO3S/c1-13-7-6-8-14(2)20(13)22-21(24)16(4)26-12-18-11-17(15(3)23)9-10-19(18)25-5/h6-11,16H,12H2,1-5H3,(H,22,24). The highest BCUT2D eigenvalue weighted by Gasteiger charge is 2.17. The van der Waals surface area contributed by atoms with E-state index in [0.29, 0.717) is 11.3 Å². The largest absolute Gasteiger partial charge is 0.496 e. The molecule has 4 nitrogen and oxygen atoms in total. The number of anilines is 1. The van der Waals surface area contributed by atoms with Gasteiger partial charge in [0.15, 0.2) is 5.78 Å². The van der Waals surface area contributed by atoms with Gasteiger partial charge in [0.25, 0.3) is 0 Å². The summed E-state index contributed by atoms with van der Waals surface area (Å²) in [5.41, 5.74) is 4.53. The molecule has 1 atom stereocenters. The lowest BCUT2D eigenvalue weighted by molar-refractivity contribution is -0.115. The number of carbonyl (C=O) groups is 2. The Balaban J connectivity index is 2.06. The number of para-hydroxylation sites is 1. The topological polar surface area (TPSA) is 55.4 Å². The predicted octanol–water partition coefficient (Wildman–Crippen LogP) is 4.78. The molecule has 0 aliphatic carbocycles. The number of nitrogens with one attached hydrogen (secondary N) is 1. The van der Waals surface area contributed by atoms with Gasteiger partial charge in [-0.2, -0.15) is 0 Å². The van der Waals surface area contributed by atoms with Crippen LogP contribution < -0.4 is 10.1 Å². The molecule has 1 amide bonds. The van der Waals surface area contributed by atoms with Crippen molar-refractivity contribution in [3.05, 3.63) is 58.7 Å². The Labute approximate surface area is 159 Å². The molecule has 0 saturated carbocycles. The van der Waals surface area contributed by atoms with Crippen molar-refractivity contribution in [3.8, 4) is 5.75 Å². The zero-order valence-corrected chi connectivity index (χ0v) is 16.7. The number of rotatable bonds is 7. The van der Waals surface area contributed by atoms with Crippen molar-refractivity contribution in [2.45, 2.75) is 38.7 Å². The molecule has 0 heterocycles. The Bertz CT molecular complexity index is 797. The van der Waals surface area contributed by atoms with Crippen LogP contribution in [0.3, 0.4) is 0 Å². The van der Waals surface area contributed by atoms with Crippen molar-refractivity contribution in [3.63, 3.8) is 0 Å². The number of thioether (sulfide) groups is 1. The summed E-state index contributed by atoms with van der Waals surface area (Å²) in [7, 11) is 1.61. The molecule has 1 N–H and O–H groups in total. The molecule has 0 radical (unpaired) electrons. The lowest BCUT2D eigenvalue weighted by Gasteiger charge is -2.16. The van der Waals surface area contributed by atoms with Crippen LogP contribution in [0, 0.1) is 13.8 Å². The van der Waals surface area contributed by atoms with Crippen molar-refractivity contribution in [1.82, 2.24) is 0 Å². The van der Waals surface area contributed by atoms with Crippen molar-refractivity contribution in [1.29, 1.82) is 0 Å². The molecule has 0 saturated heterocycles. The van der Waals surface area contributed by atoms with Crippen molar-refractivity contribution >= 4 is 29.1 Å². The van der Waals surface area contributed by atoms with Gasteiger partial charge in [0.05, 0.1) is 12.4 Å². The Kier molecular flexibility index (Phi) is 6.86. The molecule has 0 bridgehead atoms. The fourth-order valence-electron chi connectivity index (χ4n) is 2.64. The number of methoxy groups -OCH3 is 1. The van der Waals surface area contributed by atoms with Gasteiger partial charge in [-0.1, -0.05) is 18.2 Å². The Morgan fingerprint density at radius 1 is 1.15 bits per heavy atom. The number of hydrogen-bond acceptors (Lipinski definition) is 4. The van der Waals surface area contributed by atoms with Crippen molar-refractivity contribution in [2.75, 3.05) is 12.4 Å². The molecule has 5 heteroatoms. The maximum atomic E-state index is 12.6. The third kappa shape index (κ3) is 4.88. The molecule has 0 aliphatic heterocycles. The van der Waals surface area contributed by atoms with Crippen LogP contribution in [0.4, 0.5) is 5.69 Å². The highest BCUT2D eigenvalue weighted by atomic mass is 32.2. The van der Waals surface area contributed by atoms with E-state index in [1.165, 1.54) is 11.8 Å². The molecule has 0 spiro atoms. The summed E-state index contributed by atoms with van der Waals surface area (Å²) in [6, 6.07) is 11.3. The monoisotopic (exact) mass is 371 g/mol. The molecule has 1 unspecified atom stereocenters. The number of benzene rings is 2. The molecule has 2 aromatic carbocycles. The van der Waals surface area contributed by atoms with E-state index in [-0.39, 0.29) is 16.9 Å². The number of Topliss-reactive ketones (excluding diaryl/α,β-unsaturated/α-hetero) is 1. The van der Waals surface area contributed by atoms with E-state index < -0.39 is 0 Å². The van der Waals surface area contributed by atoms with Gasteiger partial charge in [-0.25, -0.2) is 0 Å². The normalized spacial score (nSPS) is 11.7. The SMILES string of the molecule is COc1ccc(C(C)=O)cc1CSC(C)C(=O)Nc1c(C)cccc1C. The smallest absolute Gasteiger partial charge is 0.237 e. The van der Waals surface area contributed by atoms with Crippen LogP contribution in [0.1, 0.15) is 40.9 Å². The molecule has 2 rings (SSSR count). The zero-order chi connectivity index (χ0) is 19.3. The molecule has 138 valence electrons. The zero-order valence-electron chi connectivity index (χ0n) is 15.9. The maximum Gasteiger partial charge on any atom is 0.237 e. The lowest BCUT2D eigenvalue weighted by atomic mass is 10.1. The molecule has 0 aromatic heterocycles. The quantitative estimate of drug-likeness (QED) is 0.712. The van der Waals surface area contributed by atoms with Gasteiger partial charge in [-0.3, -0.25) is 9.59 Å². The third-order valence-corrected chi connectivity index (χ3v) is 5.47. The van der Waals surface area contributed by atoms with E-state index in [1.807, 2.05) is 45.0 Å². The van der Waals surface area contributed by atoms with E-state index in [4.69, 9.17) is 4.74 Å². The summed E-state index contributed by atoms with van der Waals surface area (Å²) in [5.74, 6) is 1.30. The molecule has 0 fully saturated rings. The van der Waals surface area contributed by atoms with E-state index >= 15 is 0 Å². The number of hydrogen-bond donors (Lipinski definition) is 1. The number of carbonyl (C=O) groups excluding carboxylic acids is 2. The summed E-state index contributed by atoms with van der Waals surface area (Å²) in [4.78, 5) is 24.1. The lowest BCUT2D eigenvalue weighted by Crippen LogP contribution is -2.23. The maximum absolute atomic E-state index is 12.6. The first-order valence-electron chi connectivity index (χ1n) is 8.50. The molecular weight excluding hydrogens is 346 g/mol. The number of aryl methyl sites for hydroxylation is 2. The second kappa shape index (κ2) is 8.90. The highest BCUT2D eigenvalue weighted by molar-refractivity contribution is 7.99. The Morgan fingerprint density at radius 3 is 2.38 bits per heavy atom. The Hall–Kier alpha value is -2.27. The van der Waals surface area contributed by atoms with E-state index in [0.717, 1.165) is 28.1 Å². The minimum atomic E-state index is -0.236. The minimum absolute atomic E-state index is 0.0136. The second-order valence-corrected chi connectivity index (χ2v) is 7.62. The Morgan fingerprint density at radius 2 is 1.81 bits per heavy atom. The van der Waals surface area contributed by atoms with Gasteiger partial charge in [-0.05, 0) is 57.0 Å². The summed E-state index contributed by atoms with van der Waals surface area (Å²) >= 11 is 1.52. The summed E-state index contributed by atoms with van der Waals surface area (Å²) < 4.78 is 5.37. The van der Waals surface area contributed by atoms with Gasteiger partial charge in [-0.15, -0.1) is 11.8 Å². The van der Waals surface area contributed by atoms with Crippen LogP contribution in [-0.2, 0) is 10.5 Å². The fourth-order valence-corrected chi connectivity index (χ4v) is 3.50. The highest BCUT2D eigenvalue weighted by Crippen LogP contribution is 2.28. The van der Waals surface area contributed by atoms with Gasteiger partial charge in [0.1, 0.15) is 5.75 Å².